The van der Waals surface area contributed by atoms with Gasteiger partial charge in [-0.25, -0.2) is 0 Å². The summed E-state index contributed by atoms with van der Waals surface area (Å²) < 4.78 is 12.2. The molecule has 1 heterocycles. The van der Waals surface area contributed by atoms with Gasteiger partial charge in [0.2, 0.25) is 0 Å². The number of rotatable bonds is 4. The van der Waals surface area contributed by atoms with Crippen molar-refractivity contribution >= 4 is 8.32 Å². The van der Waals surface area contributed by atoms with E-state index in [9.17, 15) is 0 Å². The monoisotopic (exact) mass is 292 g/mol. The van der Waals surface area contributed by atoms with E-state index in [1.165, 1.54) is 5.56 Å². The predicted molar refractivity (Wildman–Crippen MR) is 86.7 cm³/mol. The number of hydrogen-bond donors (Lipinski definition) is 0. The predicted octanol–water partition coefficient (Wildman–Crippen LogP) is 4.58. The second-order valence-electron chi connectivity index (χ2n) is 7.37. The Morgan fingerprint density at radius 1 is 1.20 bits per heavy atom. The Balaban J connectivity index is 1.86. The summed E-state index contributed by atoms with van der Waals surface area (Å²) in [5.74, 6) is 0.532. The van der Waals surface area contributed by atoms with E-state index >= 15 is 0 Å². The molecule has 3 heteroatoms. The summed E-state index contributed by atoms with van der Waals surface area (Å²) in [6.45, 7) is 13.0. The summed E-state index contributed by atoms with van der Waals surface area (Å²) in [7, 11) is -1.65. The summed E-state index contributed by atoms with van der Waals surface area (Å²) in [5.41, 5.74) is 1.39. The van der Waals surface area contributed by atoms with Gasteiger partial charge < -0.3 is 9.16 Å². The normalized spacial score (nSPS) is 24.1. The lowest BCUT2D eigenvalue weighted by Crippen LogP contribution is -2.42. The van der Waals surface area contributed by atoms with Gasteiger partial charge >= 0.3 is 0 Å². The molecule has 0 N–H and O–H groups in total. The molecular weight excluding hydrogens is 264 g/mol. The van der Waals surface area contributed by atoms with Gasteiger partial charge in [0.05, 0.1) is 19.3 Å². The third-order valence-corrected chi connectivity index (χ3v) is 9.29. The second-order valence-corrected chi connectivity index (χ2v) is 12.2. The molecule has 0 aromatic heterocycles. The summed E-state index contributed by atoms with van der Waals surface area (Å²) in [4.78, 5) is 0. The number of benzene rings is 1. The van der Waals surface area contributed by atoms with Crippen LogP contribution in [0.5, 0.6) is 0 Å². The Morgan fingerprint density at radius 3 is 2.45 bits per heavy atom. The molecule has 0 radical (unpaired) electrons. The van der Waals surface area contributed by atoms with E-state index in [1.807, 2.05) is 0 Å². The van der Waals surface area contributed by atoms with Crippen LogP contribution in [0.3, 0.4) is 0 Å². The van der Waals surface area contributed by atoms with E-state index in [2.05, 4.69) is 64.2 Å². The molecule has 1 fully saturated rings. The van der Waals surface area contributed by atoms with Crippen LogP contribution in [0.4, 0.5) is 0 Å². The van der Waals surface area contributed by atoms with Crippen LogP contribution in [0.15, 0.2) is 30.3 Å². The largest absolute Gasteiger partial charge is 0.414 e. The van der Waals surface area contributed by atoms with Gasteiger partial charge in [0.25, 0.3) is 0 Å². The fraction of sp³-hybridized carbons (Fsp3) is 0.647. The first-order valence-electron chi connectivity index (χ1n) is 7.60. The molecule has 2 rings (SSSR count). The van der Waals surface area contributed by atoms with Gasteiger partial charge in [-0.15, -0.1) is 0 Å². The molecule has 0 spiro atoms. The minimum atomic E-state index is -1.65. The lowest BCUT2D eigenvalue weighted by atomic mass is 9.97. The first-order chi connectivity index (χ1) is 9.29. The highest BCUT2D eigenvalue weighted by Crippen LogP contribution is 2.37. The Labute approximate surface area is 124 Å². The maximum absolute atomic E-state index is 6.28. The fourth-order valence-corrected chi connectivity index (χ4v) is 3.33. The maximum Gasteiger partial charge on any atom is 0.192 e. The van der Waals surface area contributed by atoms with Crippen molar-refractivity contribution < 1.29 is 9.16 Å². The molecule has 0 bridgehead atoms. The van der Waals surface area contributed by atoms with Gasteiger partial charge in [0.1, 0.15) is 0 Å². The SMILES string of the molecule is CC(C)(C)[Si](C)(C)OCC1CC(c2ccccc2)CO1. The third-order valence-electron chi connectivity index (χ3n) is 4.79. The lowest BCUT2D eigenvalue weighted by Gasteiger charge is -2.36. The topological polar surface area (TPSA) is 18.5 Å². The molecule has 20 heavy (non-hydrogen) atoms. The molecular formula is C17H28O2Si. The van der Waals surface area contributed by atoms with Crippen molar-refractivity contribution in [3.05, 3.63) is 35.9 Å². The molecule has 1 aromatic rings. The summed E-state index contributed by atoms with van der Waals surface area (Å²) in [6, 6.07) is 10.7. The maximum atomic E-state index is 6.28. The van der Waals surface area contributed by atoms with E-state index in [4.69, 9.17) is 9.16 Å². The Morgan fingerprint density at radius 2 is 1.85 bits per heavy atom. The van der Waals surface area contributed by atoms with Crippen molar-refractivity contribution in [2.24, 2.45) is 0 Å². The van der Waals surface area contributed by atoms with E-state index in [1.54, 1.807) is 0 Å². The Kier molecular flexibility index (Phi) is 4.72. The summed E-state index contributed by atoms with van der Waals surface area (Å²) in [5, 5.41) is 0.268. The van der Waals surface area contributed by atoms with Gasteiger partial charge in [-0.3, -0.25) is 0 Å². The molecule has 2 atom stereocenters. The first-order valence-corrected chi connectivity index (χ1v) is 10.5. The van der Waals surface area contributed by atoms with Crippen molar-refractivity contribution in [2.45, 2.75) is 57.3 Å². The quantitative estimate of drug-likeness (QED) is 0.756. The van der Waals surface area contributed by atoms with Crippen LogP contribution in [0.1, 0.15) is 38.7 Å². The second kappa shape index (κ2) is 6.00. The lowest BCUT2D eigenvalue weighted by molar-refractivity contribution is 0.0623. The summed E-state index contributed by atoms with van der Waals surface area (Å²) in [6.07, 6.45) is 1.34. The van der Waals surface area contributed by atoms with Crippen LogP contribution in [0, 0.1) is 0 Å². The fourth-order valence-electron chi connectivity index (χ4n) is 2.30. The molecule has 1 aromatic carbocycles. The zero-order chi connectivity index (χ0) is 14.8. The number of hydrogen-bond acceptors (Lipinski definition) is 2. The summed E-state index contributed by atoms with van der Waals surface area (Å²) >= 11 is 0. The molecule has 1 aliphatic rings. The highest BCUT2D eigenvalue weighted by atomic mass is 28.4. The molecule has 1 saturated heterocycles. The van der Waals surface area contributed by atoms with Crippen molar-refractivity contribution in [2.75, 3.05) is 13.2 Å². The van der Waals surface area contributed by atoms with Crippen molar-refractivity contribution in [1.29, 1.82) is 0 Å². The molecule has 1 aliphatic heterocycles. The van der Waals surface area contributed by atoms with Crippen LogP contribution in [-0.4, -0.2) is 27.6 Å². The Bertz CT molecular complexity index is 422. The smallest absolute Gasteiger partial charge is 0.192 e. The molecule has 2 nitrogen and oxygen atoms in total. The van der Waals surface area contributed by atoms with Crippen LogP contribution < -0.4 is 0 Å². The molecule has 2 unspecified atom stereocenters. The zero-order valence-electron chi connectivity index (χ0n) is 13.5. The van der Waals surface area contributed by atoms with E-state index in [-0.39, 0.29) is 11.1 Å². The van der Waals surface area contributed by atoms with E-state index < -0.39 is 8.32 Å². The van der Waals surface area contributed by atoms with Crippen molar-refractivity contribution in [3.8, 4) is 0 Å². The van der Waals surface area contributed by atoms with E-state index in [0.29, 0.717) is 5.92 Å². The van der Waals surface area contributed by atoms with Crippen molar-refractivity contribution in [1.82, 2.24) is 0 Å². The molecule has 0 amide bonds. The minimum absolute atomic E-state index is 0.259. The molecule has 0 aliphatic carbocycles. The standard InChI is InChI=1S/C17H28O2Si/c1-17(2,3)20(4,5)19-13-16-11-15(12-18-16)14-9-7-6-8-10-14/h6-10,15-16H,11-13H2,1-5H3. The highest BCUT2D eigenvalue weighted by Gasteiger charge is 2.38. The minimum Gasteiger partial charge on any atom is -0.414 e. The van der Waals surface area contributed by atoms with Crippen LogP contribution in [-0.2, 0) is 9.16 Å². The van der Waals surface area contributed by atoms with Crippen molar-refractivity contribution in [3.63, 3.8) is 0 Å². The Hall–Kier alpha value is -0.643. The highest BCUT2D eigenvalue weighted by molar-refractivity contribution is 6.74. The molecule has 0 saturated carbocycles. The van der Waals surface area contributed by atoms with Crippen LogP contribution >= 0.6 is 0 Å². The van der Waals surface area contributed by atoms with E-state index in [0.717, 1.165) is 19.6 Å². The van der Waals surface area contributed by atoms with Gasteiger partial charge in [0, 0.05) is 5.92 Å². The van der Waals surface area contributed by atoms with Gasteiger partial charge in [-0.05, 0) is 30.1 Å². The van der Waals surface area contributed by atoms with Gasteiger partial charge in [-0.2, -0.15) is 0 Å². The number of ether oxygens (including phenoxy) is 1. The van der Waals surface area contributed by atoms with Crippen LogP contribution in [0.25, 0.3) is 0 Å². The van der Waals surface area contributed by atoms with Gasteiger partial charge in [0.15, 0.2) is 8.32 Å². The average molecular weight is 292 g/mol. The zero-order valence-corrected chi connectivity index (χ0v) is 14.5. The molecule has 112 valence electrons. The third kappa shape index (κ3) is 3.71. The van der Waals surface area contributed by atoms with Crippen LogP contribution in [0.2, 0.25) is 18.1 Å². The average Bonchev–Trinajstić information content (AvgIpc) is 2.85. The van der Waals surface area contributed by atoms with Gasteiger partial charge in [-0.1, -0.05) is 51.1 Å². The first kappa shape index (κ1) is 15.7.